The van der Waals surface area contributed by atoms with Crippen LogP contribution in [0, 0.1) is 12.7 Å². The third kappa shape index (κ3) is 3.90. The van der Waals surface area contributed by atoms with Crippen LogP contribution in [0.15, 0.2) is 47.9 Å². The highest BCUT2D eigenvalue weighted by molar-refractivity contribution is 5.80. The Morgan fingerprint density at radius 2 is 2.00 bits per heavy atom. The third-order valence-electron chi connectivity index (χ3n) is 4.83. The SMILES string of the molecule is Cc1nn(CC(F)(F)F)c(C2C=CC3=C(C2)NC(=O)CO3)c1-c1ccc(F)cc1. The van der Waals surface area contributed by atoms with E-state index < -0.39 is 24.5 Å². The lowest BCUT2D eigenvalue weighted by molar-refractivity contribution is -0.143. The van der Waals surface area contributed by atoms with Crippen LogP contribution in [-0.4, -0.2) is 28.5 Å². The van der Waals surface area contributed by atoms with Crippen LogP contribution in [-0.2, 0) is 16.1 Å². The summed E-state index contributed by atoms with van der Waals surface area (Å²) < 4.78 is 59.2. The average molecular weight is 407 g/mol. The minimum Gasteiger partial charge on any atom is -0.482 e. The van der Waals surface area contributed by atoms with E-state index in [0.717, 1.165) is 4.68 Å². The first-order valence-corrected chi connectivity index (χ1v) is 8.95. The number of nitrogens with one attached hydrogen (secondary N) is 1. The van der Waals surface area contributed by atoms with Gasteiger partial charge in [0.25, 0.3) is 5.91 Å². The van der Waals surface area contributed by atoms with Crippen LogP contribution in [0.3, 0.4) is 0 Å². The van der Waals surface area contributed by atoms with E-state index in [2.05, 4.69) is 10.4 Å². The molecule has 9 heteroatoms. The Kier molecular flexibility index (Phi) is 4.68. The van der Waals surface area contributed by atoms with Crippen LogP contribution in [0.2, 0.25) is 0 Å². The predicted molar refractivity (Wildman–Crippen MR) is 96.0 cm³/mol. The molecule has 0 fully saturated rings. The van der Waals surface area contributed by atoms with Gasteiger partial charge in [0, 0.05) is 17.9 Å². The molecule has 0 saturated carbocycles. The topological polar surface area (TPSA) is 56.2 Å². The third-order valence-corrected chi connectivity index (χ3v) is 4.83. The van der Waals surface area contributed by atoms with Gasteiger partial charge in [-0.15, -0.1) is 0 Å². The molecule has 1 aromatic heterocycles. The maximum Gasteiger partial charge on any atom is 0.408 e. The average Bonchev–Trinajstić information content (AvgIpc) is 2.95. The largest absolute Gasteiger partial charge is 0.482 e. The van der Waals surface area contributed by atoms with Gasteiger partial charge in [0.1, 0.15) is 18.1 Å². The Hall–Kier alpha value is -3.10. The number of benzene rings is 1. The van der Waals surface area contributed by atoms with Gasteiger partial charge in [-0.2, -0.15) is 18.3 Å². The monoisotopic (exact) mass is 407 g/mol. The summed E-state index contributed by atoms with van der Waals surface area (Å²) in [7, 11) is 0. The van der Waals surface area contributed by atoms with Crippen molar-refractivity contribution in [3.8, 4) is 11.1 Å². The second-order valence-corrected chi connectivity index (χ2v) is 6.97. The van der Waals surface area contributed by atoms with Crippen molar-refractivity contribution in [2.24, 2.45) is 0 Å². The van der Waals surface area contributed by atoms with Gasteiger partial charge in [0.05, 0.1) is 17.1 Å². The van der Waals surface area contributed by atoms with Gasteiger partial charge in [-0.25, -0.2) is 4.39 Å². The van der Waals surface area contributed by atoms with Crippen LogP contribution in [0.5, 0.6) is 0 Å². The van der Waals surface area contributed by atoms with Crippen LogP contribution in [0.1, 0.15) is 23.7 Å². The molecule has 5 nitrogen and oxygen atoms in total. The summed E-state index contributed by atoms with van der Waals surface area (Å²) in [6.07, 6.45) is -0.808. The number of aromatic nitrogens is 2. The van der Waals surface area contributed by atoms with Crippen LogP contribution >= 0.6 is 0 Å². The molecule has 2 aliphatic rings. The molecule has 4 rings (SSSR count). The summed E-state index contributed by atoms with van der Waals surface area (Å²) in [5.74, 6) is -0.719. The molecule has 1 atom stereocenters. The molecule has 2 aromatic rings. The lowest BCUT2D eigenvalue weighted by Gasteiger charge is -2.27. The summed E-state index contributed by atoms with van der Waals surface area (Å²) in [5, 5.41) is 6.85. The smallest absolute Gasteiger partial charge is 0.408 e. The molecule has 1 amide bonds. The number of rotatable bonds is 3. The second kappa shape index (κ2) is 7.06. The van der Waals surface area contributed by atoms with E-state index in [1.54, 1.807) is 19.1 Å². The predicted octanol–water partition coefficient (Wildman–Crippen LogP) is 3.96. The van der Waals surface area contributed by atoms with Crippen LogP contribution in [0.4, 0.5) is 17.6 Å². The number of carbonyl (C=O) groups is 1. The molecule has 1 aliphatic heterocycles. The number of hydrogen-bond acceptors (Lipinski definition) is 3. The fraction of sp³-hybridized carbons (Fsp3) is 0.300. The molecular formula is C20H17F4N3O2. The van der Waals surface area contributed by atoms with E-state index in [9.17, 15) is 22.4 Å². The van der Waals surface area contributed by atoms with Crippen molar-refractivity contribution in [1.29, 1.82) is 0 Å². The quantitative estimate of drug-likeness (QED) is 0.784. The van der Waals surface area contributed by atoms with Crippen LogP contribution < -0.4 is 5.32 Å². The molecule has 1 aromatic carbocycles. The Morgan fingerprint density at radius 1 is 1.28 bits per heavy atom. The van der Waals surface area contributed by atoms with E-state index >= 15 is 0 Å². The van der Waals surface area contributed by atoms with Gasteiger partial charge in [0.15, 0.2) is 6.61 Å². The number of allylic oxidation sites excluding steroid dienone is 3. The number of hydrogen-bond donors (Lipinski definition) is 1. The Balaban J connectivity index is 1.80. The fourth-order valence-corrected chi connectivity index (χ4v) is 3.72. The highest BCUT2D eigenvalue weighted by Crippen LogP contribution is 2.39. The molecule has 1 aliphatic carbocycles. The molecular weight excluding hydrogens is 390 g/mol. The summed E-state index contributed by atoms with van der Waals surface area (Å²) in [4.78, 5) is 11.6. The number of halogens is 4. The molecule has 1 unspecified atom stereocenters. The number of amides is 1. The zero-order chi connectivity index (χ0) is 20.8. The highest BCUT2D eigenvalue weighted by Gasteiger charge is 2.34. The van der Waals surface area contributed by atoms with E-state index in [0.29, 0.717) is 34.0 Å². The van der Waals surface area contributed by atoms with E-state index in [-0.39, 0.29) is 18.9 Å². The molecule has 152 valence electrons. The van der Waals surface area contributed by atoms with Crippen molar-refractivity contribution in [3.63, 3.8) is 0 Å². The molecule has 0 spiro atoms. The summed E-state index contributed by atoms with van der Waals surface area (Å²) in [6, 6.07) is 5.55. The van der Waals surface area contributed by atoms with Crippen molar-refractivity contribution in [3.05, 3.63) is 65.1 Å². The van der Waals surface area contributed by atoms with Gasteiger partial charge in [-0.1, -0.05) is 18.2 Å². The molecule has 0 radical (unpaired) electrons. The number of carbonyl (C=O) groups excluding carboxylic acids is 1. The number of alkyl halides is 3. The lowest BCUT2D eigenvalue weighted by Crippen LogP contribution is -2.34. The Bertz CT molecular complexity index is 1020. The Morgan fingerprint density at radius 3 is 2.69 bits per heavy atom. The summed E-state index contributed by atoms with van der Waals surface area (Å²) >= 11 is 0. The van der Waals surface area contributed by atoms with Gasteiger partial charge < -0.3 is 10.1 Å². The first kappa shape index (κ1) is 19.2. The number of ether oxygens (including phenoxy) is 1. The molecule has 0 bridgehead atoms. The van der Waals surface area contributed by atoms with E-state index in [4.69, 9.17) is 4.74 Å². The van der Waals surface area contributed by atoms with Crippen molar-refractivity contribution < 1.29 is 27.1 Å². The number of aryl methyl sites for hydroxylation is 1. The van der Waals surface area contributed by atoms with Gasteiger partial charge in [0.2, 0.25) is 0 Å². The van der Waals surface area contributed by atoms with E-state index in [1.807, 2.05) is 0 Å². The maximum absolute atomic E-state index is 13.4. The Labute approximate surface area is 163 Å². The van der Waals surface area contributed by atoms with Crippen molar-refractivity contribution in [1.82, 2.24) is 15.1 Å². The molecule has 2 heterocycles. The van der Waals surface area contributed by atoms with Crippen molar-refractivity contribution >= 4 is 5.91 Å². The van der Waals surface area contributed by atoms with Crippen LogP contribution in [0.25, 0.3) is 11.1 Å². The standard InChI is InChI=1S/C20H17F4N3O2/c1-11-18(12-2-5-14(21)6-3-12)19(27(26-11)10-20(22,23)24)13-4-7-16-15(8-13)25-17(28)9-29-16/h2-7,13H,8-10H2,1H3,(H,25,28). The second-order valence-electron chi connectivity index (χ2n) is 6.97. The molecule has 1 N–H and O–H groups in total. The molecule has 29 heavy (non-hydrogen) atoms. The summed E-state index contributed by atoms with van der Waals surface area (Å²) in [5.41, 5.74) is 2.39. The van der Waals surface area contributed by atoms with Gasteiger partial charge in [-0.05, 0) is 30.7 Å². The maximum atomic E-state index is 13.4. The first-order valence-electron chi connectivity index (χ1n) is 8.95. The summed E-state index contributed by atoms with van der Waals surface area (Å²) in [6.45, 7) is 0.279. The molecule has 0 saturated heterocycles. The number of nitrogens with zero attached hydrogens (tertiary/aromatic N) is 2. The first-order chi connectivity index (χ1) is 13.7. The highest BCUT2D eigenvalue weighted by atomic mass is 19.4. The minimum atomic E-state index is -4.46. The minimum absolute atomic E-state index is 0.0974. The van der Waals surface area contributed by atoms with Crippen molar-refractivity contribution in [2.45, 2.75) is 32.0 Å². The zero-order valence-electron chi connectivity index (χ0n) is 15.4. The fourth-order valence-electron chi connectivity index (χ4n) is 3.72. The van der Waals surface area contributed by atoms with Crippen molar-refractivity contribution in [2.75, 3.05) is 6.61 Å². The van der Waals surface area contributed by atoms with Gasteiger partial charge in [-0.3, -0.25) is 9.48 Å². The normalized spacial score (nSPS) is 19.1. The van der Waals surface area contributed by atoms with E-state index in [1.165, 1.54) is 24.3 Å². The van der Waals surface area contributed by atoms with Gasteiger partial charge >= 0.3 is 6.18 Å². The zero-order valence-corrected chi connectivity index (χ0v) is 15.4. The lowest BCUT2D eigenvalue weighted by atomic mass is 9.88.